The van der Waals surface area contributed by atoms with Gasteiger partial charge < -0.3 is 14.0 Å². The molecule has 35 heavy (non-hydrogen) atoms. The summed E-state index contributed by atoms with van der Waals surface area (Å²) in [6, 6.07) is 4.00. The highest BCUT2D eigenvalue weighted by molar-refractivity contribution is 7.77. The molecule has 1 N–H and O–H groups in total. The van der Waals surface area contributed by atoms with E-state index in [9.17, 15) is 8.76 Å². The zero-order valence-electron chi connectivity index (χ0n) is 20.7. The Morgan fingerprint density at radius 3 is 2.69 bits per heavy atom. The molecule has 4 rings (SSSR count). The van der Waals surface area contributed by atoms with Gasteiger partial charge in [-0.15, -0.1) is 0 Å². The zero-order valence-corrected chi connectivity index (χ0v) is 21.5. The minimum atomic E-state index is -2.29. The Morgan fingerprint density at radius 2 is 1.97 bits per heavy atom. The third-order valence-corrected chi connectivity index (χ3v) is 7.54. The van der Waals surface area contributed by atoms with Gasteiger partial charge in [0.1, 0.15) is 0 Å². The fraction of sp³-hybridized carbons (Fsp3) is 0.538. The van der Waals surface area contributed by atoms with Crippen molar-refractivity contribution in [3.8, 4) is 11.5 Å². The summed E-state index contributed by atoms with van der Waals surface area (Å²) in [6.45, 7) is 8.69. The molecule has 0 saturated carbocycles. The molecule has 190 valence electrons. The Morgan fingerprint density at radius 1 is 1.23 bits per heavy atom. The normalized spacial score (nSPS) is 24.7. The molecule has 0 aliphatic carbocycles. The van der Waals surface area contributed by atoms with Crippen LogP contribution in [0.3, 0.4) is 0 Å². The number of aryl methyl sites for hydroxylation is 1. The van der Waals surface area contributed by atoms with Crippen molar-refractivity contribution >= 4 is 22.9 Å². The van der Waals surface area contributed by atoms with Gasteiger partial charge in [-0.1, -0.05) is 19.9 Å². The van der Waals surface area contributed by atoms with Gasteiger partial charge in [-0.05, 0) is 68.4 Å². The molecule has 1 aromatic rings. The largest absolute Gasteiger partial charge is 0.760 e. The Kier molecular flexibility index (Phi) is 8.19. The van der Waals surface area contributed by atoms with E-state index in [1.165, 1.54) is 0 Å². The Labute approximate surface area is 209 Å². The Balaban J connectivity index is 1.71. The molecule has 4 unspecified atom stereocenters. The van der Waals surface area contributed by atoms with Gasteiger partial charge in [0.05, 0.1) is 11.4 Å². The lowest BCUT2D eigenvalue weighted by Gasteiger charge is -2.17. The van der Waals surface area contributed by atoms with Gasteiger partial charge in [-0.25, -0.2) is 9.71 Å². The summed E-state index contributed by atoms with van der Waals surface area (Å²) in [5.41, 5.74) is 5.54. The lowest BCUT2D eigenvalue weighted by Crippen LogP contribution is -2.19. The Hall–Kier alpha value is -2.36. The number of benzene rings is 1. The third-order valence-electron chi connectivity index (χ3n) is 7.10. The minimum absolute atomic E-state index is 0.0284. The molecule has 0 aromatic heterocycles. The van der Waals surface area contributed by atoms with Crippen LogP contribution in [0.4, 0.5) is 4.39 Å². The number of aliphatic imine (C=N–C) groups is 2. The van der Waals surface area contributed by atoms with E-state index >= 15 is 4.39 Å². The molecule has 9 heteroatoms. The smallest absolute Gasteiger partial charge is 0.231 e. The van der Waals surface area contributed by atoms with Gasteiger partial charge in [0, 0.05) is 47.7 Å². The van der Waals surface area contributed by atoms with Crippen molar-refractivity contribution in [2.75, 3.05) is 13.3 Å². The molecule has 1 aromatic carbocycles. The van der Waals surface area contributed by atoms with E-state index in [0.29, 0.717) is 44.3 Å². The van der Waals surface area contributed by atoms with Crippen LogP contribution in [-0.4, -0.2) is 33.8 Å². The quantitative estimate of drug-likeness (QED) is 0.396. The first kappa shape index (κ1) is 25.7. The molecule has 0 amide bonds. The molecule has 4 atom stereocenters. The minimum Gasteiger partial charge on any atom is -0.760 e. The first-order valence-electron chi connectivity index (χ1n) is 12.2. The van der Waals surface area contributed by atoms with Crippen molar-refractivity contribution in [2.45, 2.75) is 59.8 Å². The number of hydrogen-bond donors (Lipinski definition) is 1. The molecule has 0 saturated heterocycles. The van der Waals surface area contributed by atoms with E-state index in [4.69, 9.17) is 14.5 Å². The number of fused-ring (bicyclic) bond motifs is 2. The number of nitrogens with one attached hydrogen (secondary N) is 1. The molecular formula is C26H33FN3O4S-. The molecular weight excluding hydrogens is 469 g/mol. The van der Waals surface area contributed by atoms with E-state index in [-0.39, 0.29) is 30.5 Å². The second kappa shape index (κ2) is 11.1. The van der Waals surface area contributed by atoms with Crippen LogP contribution >= 0.6 is 0 Å². The highest BCUT2D eigenvalue weighted by Gasteiger charge is 2.31. The van der Waals surface area contributed by atoms with E-state index in [0.717, 1.165) is 39.6 Å². The number of hydrogen-bond acceptors (Lipinski definition) is 6. The number of nitrogens with zero attached hydrogens (tertiary/aromatic N) is 2. The fourth-order valence-electron chi connectivity index (χ4n) is 4.98. The maximum atomic E-state index is 15.0. The van der Waals surface area contributed by atoms with Gasteiger partial charge in [0.25, 0.3) is 0 Å². The van der Waals surface area contributed by atoms with Gasteiger partial charge in [0.2, 0.25) is 6.79 Å². The van der Waals surface area contributed by atoms with Crippen molar-refractivity contribution in [3.63, 3.8) is 0 Å². The SMILES string of the molecule is CCC1CC(C)C2=NC(Cc3cc4c(cc3C)OCO4)=CC(CCCNS(=O)[O-])C(C)=C2N=C1F. The molecule has 3 heterocycles. The Bertz CT molecular complexity index is 1130. The van der Waals surface area contributed by atoms with Gasteiger partial charge in [-0.3, -0.25) is 9.20 Å². The molecule has 0 fully saturated rings. The summed E-state index contributed by atoms with van der Waals surface area (Å²) in [5.74, 6) is 0.984. The second-order valence-electron chi connectivity index (χ2n) is 9.55. The summed E-state index contributed by atoms with van der Waals surface area (Å²) < 4.78 is 50.3. The van der Waals surface area contributed by atoms with Crippen molar-refractivity contribution in [3.05, 3.63) is 46.3 Å². The summed E-state index contributed by atoms with van der Waals surface area (Å²) >= 11 is -2.29. The van der Waals surface area contributed by atoms with Gasteiger partial charge >= 0.3 is 0 Å². The zero-order chi connectivity index (χ0) is 25.1. The maximum absolute atomic E-state index is 15.0. The molecule has 0 spiro atoms. The topological polar surface area (TPSA) is 95.3 Å². The van der Waals surface area contributed by atoms with Crippen molar-refractivity contribution < 1.29 is 22.6 Å². The number of rotatable bonds is 8. The van der Waals surface area contributed by atoms with Crippen molar-refractivity contribution in [1.82, 2.24) is 4.72 Å². The number of halogens is 1. The maximum Gasteiger partial charge on any atom is 0.231 e. The summed E-state index contributed by atoms with van der Waals surface area (Å²) in [4.78, 5) is 9.56. The molecule has 3 aliphatic rings. The van der Waals surface area contributed by atoms with Crippen LogP contribution in [-0.2, 0) is 17.7 Å². The van der Waals surface area contributed by atoms with Crippen LogP contribution in [0.1, 0.15) is 57.6 Å². The van der Waals surface area contributed by atoms with E-state index in [1.807, 2.05) is 32.9 Å². The van der Waals surface area contributed by atoms with Gasteiger partial charge in [0.15, 0.2) is 17.5 Å². The fourth-order valence-corrected chi connectivity index (χ4v) is 5.30. The first-order valence-corrected chi connectivity index (χ1v) is 13.3. The van der Waals surface area contributed by atoms with E-state index < -0.39 is 11.3 Å². The average molecular weight is 503 g/mol. The van der Waals surface area contributed by atoms with Crippen molar-refractivity contribution in [1.29, 1.82) is 0 Å². The molecule has 0 radical (unpaired) electrons. The number of allylic oxidation sites excluding steroid dienone is 4. The summed E-state index contributed by atoms with van der Waals surface area (Å²) in [7, 11) is 0. The van der Waals surface area contributed by atoms with E-state index in [1.54, 1.807) is 0 Å². The summed E-state index contributed by atoms with van der Waals surface area (Å²) in [5, 5.41) is 0. The lowest BCUT2D eigenvalue weighted by molar-refractivity contribution is 0.174. The highest BCUT2D eigenvalue weighted by Crippen LogP contribution is 2.38. The van der Waals surface area contributed by atoms with Crippen molar-refractivity contribution in [2.24, 2.45) is 27.7 Å². The van der Waals surface area contributed by atoms with Crippen LogP contribution in [0.15, 0.2) is 45.2 Å². The van der Waals surface area contributed by atoms with Gasteiger partial charge in [-0.2, -0.15) is 4.39 Å². The van der Waals surface area contributed by atoms with Crippen LogP contribution in [0.25, 0.3) is 0 Å². The monoisotopic (exact) mass is 502 g/mol. The van der Waals surface area contributed by atoms with Crippen LogP contribution in [0, 0.1) is 24.7 Å². The third kappa shape index (κ3) is 5.90. The summed E-state index contributed by atoms with van der Waals surface area (Å²) in [6.07, 6.45) is 5.45. The second-order valence-corrected chi connectivity index (χ2v) is 10.3. The van der Waals surface area contributed by atoms with Crippen LogP contribution < -0.4 is 14.2 Å². The average Bonchev–Trinajstić information content (AvgIpc) is 3.17. The van der Waals surface area contributed by atoms with E-state index in [2.05, 4.69) is 22.7 Å². The molecule has 0 bridgehead atoms. The molecule has 3 aliphatic heterocycles. The number of ether oxygens (including phenoxy) is 2. The molecule has 7 nitrogen and oxygen atoms in total. The van der Waals surface area contributed by atoms with Crippen LogP contribution in [0.5, 0.6) is 11.5 Å². The predicted molar refractivity (Wildman–Crippen MR) is 135 cm³/mol. The lowest BCUT2D eigenvalue weighted by atomic mass is 9.88. The first-order chi connectivity index (χ1) is 16.8. The predicted octanol–water partition coefficient (Wildman–Crippen LogP) is 5.09. The van der Waals surface area contributed by atoms with Crippen LogP contribution in [0.2, 0.25) is 0 Å². The highest BCUT2D eigenvalue weighted by atomic mass is 32.2. The standard InChI is InChI=1S/C26H34FN3O4S/c1-5-18-9-16(3)24-25(30-26(18)27)17(4)19(7-6-8-28-35(31)32)11-21(29-24)12-20-13-23-22(10-15(20)2)33-14-34-23/h10-11,13,16,18-19,28H,5-9,12,14H2,1-4H3,(H,31,32)/p-1.